The molecule has 16 heteroatoms. The monoisotopic (exact) mass is 366 g/mol. The van der Waals surface area contributed by atoms with Gasteiger partial charge < -0.3 is 48.1 Å². The standard InChI is InChI=1S/C4H8N2O2.C2H8N6.C2N2.CH4O.H4N2.H2O/c1-7-3(5)4(6)8-2;3-1(7-5)2(4)8-6;1-4-2-3;2*1-2;/h5-6H,1-2H3;5-6H2,(H2,3,7)(H2,4,8);;2H,1H3;1-2H2;1H2. The first-order chi connectivity index (χ1) is 11.4. The smallest absolute Gasteiger partial charge is 0.331 e. The predicted octanol–water partition coefficient (Wildman–Crippen LogP) is -4.33. The van der Waals surface area contributed by atoms with Crippen molar-refractivity contribution in [1.82, 2.24) is 0 Å². The van der Waals surface area contributed by atoms with Crippen molar-refractivity contribution in [3.8, 4) is 6.19 Å². The van der Waals surface area contributed by atoms with Crippen LogP contribution in [-0.2, 0) is 9.47 Å². The van der Waals surface area contributed by atoms with E-state index in [1.54, 1.807) is 0 Å². The SMILES string of the molecule is CO.COC(=N)C(=N)OC.NN.NN=C(N)C(N)=NN.O.[C-]#[N+]C#N. The van der Waals surface area contributed by atoms with Gasteiger partial charge in [-0.3, -0.25) is 22.5 Å². The number of hydrogen-bond donors (Lipinski definition) is 9. The molecule has 25 heavy (non-hydrogen) atoms. The molecule has 0 spiro atoms. The number of aliphatic hydroxyl groups is 1. The molecule has 0 saturated carbocycles. The minimum Gasteiger partial charge on any atom is -0.478 e. The zero-order valence-electron chi connectivity index (χ0n) is 14.0. The lowest BCUT2D eigenvalue weighted by atomic mass is 10.6. The van der Waals surface area contributed by atoms with Crippen LogP contribution in [0, 0.1) is 28.8 Å². The third kappa shape index (κ3) is 38.4. The molecule has 0 aliphatic carbocycles. The Morgan fingerprint density at radius 3 is 1.32 bits per heavy atom. The first-order valence-corrected chi connectivity index (χ1v) is 5.22. The topological polar surface area (TPSA) is 327 Å². The number of hydrazone groups is 2. The number of nitriles is 1. The summed E-state index contributed by atoms with van der Waals surface area (Å²) in [4.78, 5) is 2.29. The zero-order chi connectivity index (χ0) is 20.6. The van der Waals surface area contributed by atoms with Crippen molar-refractivity contribution in [1.29, 1.82) is 16.1 Å². The van der Waals surface area contributed by atoms with Crippen LogP contribution in [0.2, 0.25) is 0 Å². The average molecular weight is 366 g/mol. The second-order valence-corrected chi connectivity index (χ2v) is 2.31. The van der Waals surface area contributed by atoms with E-state index >= 15 is 0 Å². The van der Waals surface area contributed by atoms with Crippen LogP contribution < -0.4 is 34.8 Å². The molecule has 0 amide bonds. The van der Waals surface area contributed by atoms with Gasteiger partial charge in [-0.05, 0) is 0 Å². The molecule has 146 valence electrons. The van der Waals surface area contributed by atoms with Gasteiger partial charge in [0.25, 0.3) is 11.8 Å². The number of hydrogen-bond acceptors (Lipinski definition) is 12. The van der Waals surface area contributed by atoms with Gasteiger partial charge in [0.15, 0.2) is 11.7 Å². The van der Waals surface area contributed by atoms with Crippen molar-refractivity contribution >= 4 is 23.5 Å². The van der Waals surface area contributed by atoms with Gasteiger partial charge in [-0.2, -0.15) is 10.2 Å². The van der Waals surface area contributed by atoms with Gasteiger partial charge in [0, 0.05) is 12.4 Å². The molecule has 16 nitrogen and oxygen atoms in total. The Bertz CT molecular complexity index is 408. The Hall–Kier alpha value is -3.70. The van der Waals surface area contributed by atoms with Gasteiger partial charge in [0.2, 0.25) is 0 Å². The Morgan fingerprint density at radius 2 is 1.24 bits per heavy atom. The van der Waals surface area contributed by atoms with Gasteiger partial charge >= 0.3 is 6.19 Å². The van der Waals surface area contributed by atoms with Gasteiger partial charge in [0.05, 0.1) is 14.2 Å². The summed E-state index contributed by atoms with van der Waals surface area (Å²) in [5, 5.41) is 33.8. The lowest BCUT2D eigenvalue weighted by Crippen LogP contribution is -2.33. The van der Waals surface area contributed by atoms with E-state index in [-0.39, 0.29) is 28.9 Å². The first-order valence-electron chi connectivity index (χ1n) is 5.22. The molecule has 0 unspecified atom stereocenters. The number of hydrazine groups is 1. The molecule has 17 N–H and O–H groups in total. The number of nitrogens with two attached hydrogens (primary N) is 6. The molecule has 0 aromatic heterocycles. The van der Waals surface area contributed by atoms with E-state index in [4.69, 9.17) is 50.9 Å². The Labute approximate surface area is 144 Å². The molecule has 0 bridgehead atoms. The molecule has 0 fully saturated rings. The van der Waals surface area contributed by atoms with E-state index in [1.807, 2.05) is 0 Å². The second kappa shape index (κ2) is 37.0. The summed E-state index contributed by atoms with van der Waals surface area (Å²) in [6, 6.07) is 0. The van der Waals surface area contributed by atoms with E-state index in [9.17, 15) is 0 Å². The number of nitrogens with one attached hydrogen (secondary N) is 2. The summed E-state index contributed by atoms with van der Waals surface area (Å²) in [5.41, 5.74) is 10.0. The first kappa shape index (κ1) is 37.5. The van der Waals surface area contributed by atoms with Crippen molar-refractivity contribution in [2.75, 3.05) is 21.3 Å². The highest BCUT2D eigenvalue weighted by Crippen LogP contribution is 1.77. The van der Waals surface area contributed by atoms with Crippen molar-refractivity contribution in [3.05, 3.63) is 11.4 Å². The van der Waals surface area contributed by atoms with Crippen LogP contribution in [0.25, 0.3) is 4.85 Å². The maximum absolute atomic E-state index is 7.27. The van der Waals surface area contributed by atoms with E-state index in [1.165, 1.54) is 20.4 Å². The number of amidine groups is 2. The van der Waals surface area contributed by atoms with E-state index in [0.717, 1.165) is 7.11 Å². The van der Waals surface area contributed by atoms with Gasteiger partial charge in [0.1, 0.15) is 0 Å². The maximum Gasteiger partial charge on any atom is 0.331 e. The van der Waals surface area contributed by atoms with Crippen molar-refractivity contribution < 1.29 is 20.1 Å². The molecule has 0 heterocycles. The maximum atomic E-state index is 7.27. The Morgan fingerprint density at radius 1 is 1.04 bits per heavy atom. The molecule has 0 aromatic carbocycles. The third-order valence-electron chi connectivity index (χ3n) is 1.21. The summed E-state index contributed by atoms with van der Waals surface area (Å²) >= 11 is 0. The van der Waals surface area contributed by atoms with Crippen molar-refractivity contribution in [2.45, 2.75) is 0 Å². The number of methoxy groups -OCH3 is 2. The molecular weight excluding hydrogens is 340 g/mol. The lowest BCUT2D eigenvalue weighted by molar-refractivity contribution is 0.363. The Kier molecular flexibility index (Phi) is 55.5. The molecule has 0 aliphatic heterocycles. The van der Waals surface area contributed by atoms with Crippen LogP contribution in [0.15, 0.2) is 10.2 Å². The van der Waals surface area contributed by atoms with Crippen LogP contribution in [-0.4, -0.2) is 55.4 Å². The van der Waals surface area contributed by atoms with Crippen LogP contribution in [0.3, 0.4) is 0 Å². The van der Waals surface area contributed by atoms with Gasteiger partial charge in [-0.25, -0.2) is 0 Å². The molecule has 0 aromatic rings. The highest BCUT2D eigenvalue weighted by atomic mass is 16.5. The number of ether oxygens (including phenoxy) is 2. The molecule has 0 radical (unpaired) electrons. The molecule has 0 aliphatic rings. The molecular formula is C9H26N12O4. The van der Waals surface area contributed by atoms with Crippen LogP contribution >= 0.6 is 0 Å². The fourth-order valence-electron chi connectivity index (χ4n) is 0.318. The highest BCUT2D eigenvalue weighted by molar-refractivity contribution is 6.39. The van der Waals surface area contributed by atoms with Crippen LogP contribution in [0.4, 0.5) is 0 Å². The fraction of sp³-hybridized carbons (Fsp3) is 0.333. The summed E-state index contributed by atoms with van der Waals surface area (Å²) in [6.45, 7) is 5.72. The third-order valence-corrected chi connectivity index (χ3v) is 1.21. The predicted molar refractivity (Wildman–Crippen MR) is 93.4 cm³/mol. The van der Waals surface area contributed by atoms with Crippen LogP contribution in [0.1, 0.15) is 0 Å². The zero-order valence-corrected chi connectivity index (χ0v) is 14.0. The normalized spacial score (nSPS) is 7.84. The van der Waals surface area contributed by atoms with Crippen molar-refractivity contribution in [2.24, 2.45) is 45.0 Å². The summed E-state index contributed by atoms with van der Waals surface area (Å²) < 4.78 is 8.67. The summed E-state index contributed by atoms with van der Waals surface area (Å²) in [5.74, 6) is 16.8. The van der Waals surface area contributed by atoms with E-state index in [2.05, 4.69) is 36.2 Å². The molecule has 0 atom stereocenters. The quantitative estimate of drug-likeness (QED) is 0.0495. The second-order valence-electron chi connectivity index (χ2n) is 2.31. The van der Waals surface area contributed by atoms with Gasteiger partial charge in [-0.15, -0.1) is 0 Å². The molecule has 0 saturated heterocycles. The average Bonchev–Trinajstić information content (AvgIpc) is 2.68. The fourth-order valence-corrected chi connectivity index (χ4v) is 0.318. The number of nitrogens with zero attached hydrogens (tertiary/aromatic N) is 4. The van der Waals surface area contributed by atoms with E-state index < -0.39 is 0 Å². The van der Waals surface area contributed by atoms with Crippen molar-refractivity contribution in [3.63, 3.8) is 0 Å². The van der Waals surface area contributed by atoms with Gasteiger partial charge in [-0.1, -0.05) is 6.57 Å². The largest absolute Gasteiger partial charge is 0.478 e. The minimum atomic E-state index is -0.257. The minimum absolute atomic E-state index is 0. The summed E-state index contributed by atoms with van der Waals surface area (Å²) in [7, 11) is 3.63. The van der Waals surface area contributed by atoms with Crippen LogP contribution in [0.5, 0.6) is 0 Å². The Balaban J connectivity index is -0.0000000500. The number of aliphatic hydroxyl groups excluding tert-OH is 1. The summed E-state index contributed by atoms with van der Waals surface area (Å²) in [6.07, 6.45) is 1.22. The highest BCUT2D eigenvalue weighted by Gasteiger charge is 2.00. The lowest BCUT2D eigenvalue weighted by Gasteiger charge is -1.99. The number of rotatable bonds is 0. The molecule has 0 rings (SSSR count). The van der Waals surface area contributed by atoms with E-state index in [0.29, 0.717) is 0 Å².